The molecule has 1 fully saturated rings. The highest BCUT2D eigenvalue weighted by atomic mass is 35.5. The van der Waals surface area contributed by atoms with Gasteiger partial charge in [-0.3, -0.25) is 4.98 Å². The first-order valence-corrected chi connectivity index (χ1v) is 6.35. The Hall–Kier alpha value is -1.46. The first kappa shape index (κ1) is 14.0. The molecule has 1 aliphatic heterocycles. The van der Waals surface area contributed by atoms with E-state index in [1.54, 1.807) is 12.4 Å². The zero-order valence-electron chi connectivity index (χ0n) is 10.6. The van der Waals surface area contributed by atoms with Gasteiger partial charge in [-0.2, -0.15) is 4.98 Å². The van der Waals surface area contributed by atoms with Crippen LogP contribution in [0.4, 0.5) is 0 Å². The molecule has 0 aromatic carbocycles. The van der Waals surface area contributed by atoms with Crippen LogP contribution >= 0.6 is 12.4 Å². The summed E-state index contributed by atoms with van der Waals surface area (Å²) in [6.07, 6.45) is 6.71. The molecule has 0 saturated carbocycles. The van der Waals surface area contributed by atoms with Crippen LogP contribution in [0.1, 0.15) is 18.7 Å². The molecule has 1 N–H and O–H groups in total. The van der Waals surface area contributed by atoms with Gasteiger partial charge in [-0.05, 0) is 44.0 Å². The van der Waals surface area contributed by atoms with E-state index in [1.807, 2.05) is 12.1 Å². The van der Waals surface area contributed by atoms with Gasteiger partial charge in [0.2, 0.25) is 11.7 Å². The first-order chi connectivity index (χ1) is 8.92. The summed E-state index contributed by atoms with van der Waals surface area (Å²) in [6, 6.07) is 3.80. The smallest absolute Gasteiger partial charge is 0.226 e. The van der Waals surface area contributed by atoms with E-state index >= 15 is 0 Å². The molecule has 1 unspecified atom stereocenters. The van der Waals surface area contributed by atoms with Gasteiger partial charge < -0.3 is 9.84 Å². The summed E-state index contributed by atoms with van der Waals surface area (Å²) in [5, 5.41) is 7.35. The van der Waals surface area contributed by atoms with Crippen LogP contribution in [0.15, 0.2) is 29.0 Å². The largest absolute Gasteiger partial charge is 0.339 e. The molecule has 2 aromatic heterocycles. The fraction of sp³-hybridized carbons (Fsp3) is 0.462. The van der Waals surface area contributed by atoms with Crippen molar-refractivity contribution in [2.24, 2.45) is 5.92 Å². The number of nitrogens with one attached hydrogen (secondary N) is 1. The average molecular weight is 281 g/mol. The van der Waals surface area contributed by atoms with Gasteiger partial charge in [0.25, 0.3) is 0 Å². The predicted molar refractivity (Wildman–Crippen MR) is 74.1 cm³/mol. The van der Waals surface area contributed by atoms with Gasteiger partial charge in [0.1, 0.15) is 0 Å². The lowest BCUT2D eigenvalue weighted by Gasteiger charge is -2.03. The molecule has 0 radical (unpaired) electrons. The molecule has 2 aromatic rings. The number of rotatable bonds is 4. The maximum absolute atomic E-state index is 5.27. The van der Waals surface area contributed by atoms with Gasteiger partial charge in [0.05, 0.1) is 0 Å². The average Bonchev–Trinajstić information content (AvgIpc) is 3.09. The van der Waals surface area contributed by atoms with Crippen molar-refractivity contribution in [1.29, 1.82) is 0 Å². The molecule has 0 amide bonds. The molecule has 0 aliphatic carbocycles. The highest BCUT2D eigenvalue weighted by Crippen LogP contribution is 2.18. The predicted octanol–water partition coefficient (Wildman–Crippen LogP) is 2.10. The summed E-state index contributed by atoms with van der Waals surface area (Å²) in [5.41, 5.74) is 0.898. The van der Waals surface area contributed by atoms with Crippen molar-refractivity contribution < 1.29 is 4.52 Å². The van der Waals surface area contributed by atoms with Gasteiger partial charge in [0.15, 0.2) is 0 Å². The van der Waals surface area contributed by atoms with Crippen LogP contribution in [0.5, 0.6) is 0 Å². The number of nitrogens with zero attached hydrogens (tertiary/aromatic N) is 3. The molecule has 19 heavy (non-hydrogen) atoms. The van der Waals surface area contributed by atoms with Crippen molar-refractivity contribution in [2.75, 3.05) is 13.1 Å². The van der Waals surface area contributed by atoms with E-state index in [2.05, 4.69) is 20.4 Å². The number of halogens is 1. The third kappa shape index (κ3) is 3.52. The van der Waals surface area contributed by atoms with E-state index in [0.717, 1.165) is 43.3 Å². The minimum absolute atomic E-state index is 0. The summed E-state index contributed by atoms with van der Waals surface area (Å²) in [7, 11) is 0. The molecule has 5 nitrogen and oxygen atoms in total. The second-order valence-corrected chi connectivity index (χ2v) is 4.65. The van der Waals surface area contributed by atoms with Gasteiger partial charge in [-0.1, -0.05) is 5.16 Å². The van der Waals surface area contributed by atoms with E-state index in [1.165, 1.54) is 6.42 Å². The quantitative estimate of drug-likeness (QED) is 0.929. The highest BCUT2D eigenvalue weighted by Gasteiger charge is 2.16. The van der Waals surface area contributed by atoms with E-state index in [0.29, 0.717) is 5.82 Å². The van der Waals surface area contributed by atoms with Crippen molar-refractivity contribution in [3.63, 3.8) is 0 Å². The Balaban J connectivity index is 0.00000133. The van der Waals surface area contributed by atoms with E-state index in [9.17, 15) is 0 Å². The molecule has 6 heteroatoms. The number of hydrogen-bond acceptors (Lipinski definition) is 5. The molecule has 3 heterocycles. The maximum Gasteiger partial charge on any atom is 0.226 e. The van der Waals surface area contributed by atoms with Gasteiger partial charge >= 0.3 is 0 Å². The minimum atomic E-state index is 0. The van der Waals surface area contributed by atoms with Crippen LogP contribution in [0.2, 0.25) is 0 Å². The molecular weight excluding hydrogens is 264 g/mol. The molecule has 1 atom stereocenters. The number of pyridine rings is 1. The van der Waals surface area contributed by atoms with Crippen LogP contribution in [-0.2, 0) is 6.42 Å². The zero-order chi connectivity index (χ0) is 12.2. The van der Waals surface area contributed by atoms with Crippen molar-refractivity contribution in [3.05, 3.63) is 30.4 Å². The van der Waals surface area contributed by atoms with Crippen LogP contribution in [0.25, 0.3) is 11.4 Å². The SMILES string of the molecule is Cl.c1cncc(-c2noc(CCC3CCNC3)n2)c1. The zero-order valence-corrected chi connectivity index (χ0v) is 11.4. The van der Waals surface area contributed by atoms with Gasteiger partial charge in [-0.15, -0.1) is 12.4 Å². The lowest BCUT2D eigenvalue weighted by atomic mass is 10.0. The van der Waals surface area contributed by atoms with Gasteiger partial charge in [0, 0.05) is 24.4 Å². The number of aryl methyl sites for hydroxylation is 1. The van der Waals surface area contributed by atoms with Gasteiger partial charge in [-0.25, -0.2) is 0 Å². The second-order valence-electron chi connectivity index (χ2n) is 4.65. The Kier molecular flexibility index (Phi) is 4.87. The van der Waals surface area contributed by atoms with Crippen molar-refractivity contribution >= 4 is 12.4 Å². The Morgan fingerprint density at radius 3 is 3.11 bits per heavy atom. The Morgan fingerprint density at radius 2 is 2.37 bits per heavy atom. The third-order valence-corrected chi connectivity index (χ3v) is 3.32. The second kappa shape index (κ2) is 6.63. The number of hydrogen-bond donors (Lipinski definition) is 1. The van der Waals surface area contributed by atoms with Crippen molar-refractivity contribution in [1.82, 2.24) is 20.4 Å². The molecule has 1 saturated heterocycles. The molecule has 3 rings (SSSR count). The minimum Gasteiger partial charge on any atom is -0.339 e. The fourth-order valence-corrected chi connectivity index (χ4v) is 2.26. The van der Waals surface area contributed by atoms with E-state index in [4.69, 9.17) is 4.52 Å². The van der Waals surface area contributed by atoms with Crippen LogP contribution in [0, 0.1) is 5.92 Å². The lowest BCUT2D eigenvalue weighted by molar-refractivity contribution is 0.365. The van der Waals surface area contributed by atoms with Crippen LogP contribution < -0.4 is 5.32 Å². The Bertz CT molecular complexity index is 496. The highest BCUT2D eigenvalue weighted by molar-refractivity contribution is 5.85. The topological polar surface area (TPSA) is 63.8 Å². The standard InChI is InChI=1S/C13H16N4O.ClH/c1-2-11(9-14-6-1)13-16-12(18-17-13)4-3-10-5-7-15-8-10;/h1-2,6,9-10,15H,3-5,7-8H2;1H. The van der Waals surface area contributed by atoms with E-state index in [-0.39, 0.29) is 12.4 Å². The maximum atomic E-state index is 5.27. The van der Waals surface area contributed by atoms with Crippen LogP contribution in [0.3, 0.4) is 0 Å². The van der Waals surface area contributed by atoms with E-state index < -0.39 is 0 Å². The van der Waals surface area contributed by atoms with Crippen molar-refractivity contribution in [2.45, 2.75) is 19.3 Å². The molecule has 0 spiro atoms. The first-order valence-electron chi connectivity index (χ1n) is 6.35. The molecule has 102 valence electrons. The summed E-state index contributed by atoms with van der Waals surface area (Å²) >= 11 is 0. The lowest BCUT2D eigenvalue weighted by Crippen LogP contribution is -2.09. The Morgan fingerprint density at radius 1 is 1.42 bits per heavy atom. The summed E-state index contributed by atoms with van der Waals surface area (Å²) in [5.74, 6) is 2.10. The molecule has 1 aliphatic rings. The summed E-state index contributed by atoms with van der Waals surface area (Å²) in [4.78, 5) is 8.45. The molecule has 0 bridgehead atoms. The van der Waals surface area contributed by atoms with Crippen LogP contribution in [-0.4, -0.2) is 28.2 Å². The monoisotopic (exact) mass is 280 g/mol. The number of aromatic nitrogens is 3. The van der Waals surface area contributed by atoms with Crippen molar-refractivity contribution in [3.8, 4) is 11.4 Å². The third-order valence-electron chi connectivity index (χ3n) is 3.32. The summed E-state index contributed by atoms with van der Waals surface area (Å²) in [6.45, 7) is 2.25. The Labute approximate surface area is 118 Å². The normalized spacial score (nSPS) is 18.2. The summed E-state index contributed by atoms with van der Waals surface area (Å²) < 4.78 is 5.27. The fourth-order valence-electron chi connectivity index (χ4n) is 2.26. The molecular formula is C13H17ClN4O.